The standard InChI is InChI=1S/C34H42FN5O2/c1-23-18-36-19-31-32(23)27(16-26-6-12-37(21-26)20-25-7-13-38(14-8-25)24(2)41)22-39(31)30-5-4-28(35)17-29(30)33(42)40-15-11-34(40)9-3-10-34/h4-5,17-19,22,25-26H,3,6-16,20-21H2,1-2H3. The molecule has 3 aromatic rings. The summed E-state index contributed by atoms with van der Waals surface area (Å²) in [5.74, 6) is 0.978. The molecule has 1 aliphatic carbocycles. The molecular weight excluding hydrogens is 529 g/mol. The number of nitrogens with zero attached hydrogens (tertiary/aromatic N) is 5. The lowest BCUT2D eigenvalue weighted by atomic mass is 9.67. The summed E-state index contributed by atoms with van der Waals surface area (Å²) in [7, 11) is 0. The summed E-state index contributed by atoms with van der Waals surface area (Å²) in [6.07, 6.45) is 14.6. The number of likely N-dealkylation sites (tertiary alicyclic amines) is 3. The lowest BCUT2D eigenvalue weighted by Gasteiger charge is -2.58. The molecule has 3 saturated heterocycles. The van der Waals surface area contributed by atoms with Crippen molar-refractivity contribution in [2.75, 3.05) is 39.3 Å². The van der Waals surface area contributed by atoms with Gasteiger partial charge in [-0.25, -0.2) is 4.39 Å². The van der Waals surface area contributed by atoms with Crippen molar-refractivity contribution >= 4 is 22.7 Å². The van der Waals surface area contributed by atoms with E-state index in [4.69, 9.17) is 0 Å². The molecule has 1 unspecified atom stereocenters. The van der Waals surface area contributed by atoms with Gasteiger partial charge in [-0.3, -0.25) is 14.6 Å². The van der Waals surface area contributed by atoms with Crippen LogP contribution in [0.15, 0.2) is 36.8 Å². The van der Waals surface area contributed by atoms with E-state index in [2.05, 4.69) is 27.6 Å². The van der Waals surface area contributed by atoms with Crippen LogP contribution in [0.3, 0.4) is 0 Å². The minimum absolute atomic E-state index is 0.00150. The molecule has 5 heterocycles. The molecule has 7 nitrogen and oxygen atoms in total. The van der Waals surface area contributed by atoms with Crippen LogP contribution < -0.4 is 0 Å². The maximum Gasteiger partial charge on any atom is 0.256 e. The summed E-state index contributed by atoms with van der Waals surface area (Å²) in [6, 6.07) is 4.65. The Bertz CT molecular complexity index is 1510. The summed E-state index contributed by atoms with van der Waals surface area (Å²) in [4.78, 5) is 36.6. The number of amides is 2. The van der Waals surface area contributed by atoms with Gasteiger partial charge in [0.1, 0.15) is 5.82 Å². The van der Waals surface area contributed by atoms with Crippen LogP contribution >= 0.6 is 0 Å². The van der Waals surface area contributed by atoms with E-state index in [1.165, 1.54) is 29.5 Å². The van der Waals surface area contributed by atoms with Gasteiger partial charge in [0.05, 0.1) is 23.0 Å². The van der Waals surface area contributed by atoms with Gasteiger partial charge in [-0.05, 0) is 106 Å². The Morgan fingerprint density at radius 1 is 1.02 bits per heavy atom. The number of benzene rings is 1. The maximum absolute atomic E-state index is 14.6. The zero-order valence-corrected chi connectivity index (χ0v) is 24.9. The second kappa shape index (κ2) is 10.8. The topological polar surface area (TPSA) is 61.7 Å². The predicted octanol–water partition coefficient (Wildman–Crippen LogP) is 5.36. The Balaban J connectivity index is 1.12. The Labute approximate surface area is 247 Å². The summed E-state index contributed by atoms with van der Waals surface area (Å²) in [5.41, 5.74) is 4.54. The summed E-state index contributed by atoms with van der Waals surface area (Å²) in [5, 5.41) is 1.20. The third-order valence-electron chi connectivity index (χ3n) is 10.8. The number of carbonyl (C=O) groups excluding carboxylic acids is 2. The number of piperidine rings is 1. The maximum atomic E-state index is 14.6. The average Bonchev–Trinajstić information content (AvgIpc) is 3.52. The SMILES string of the molecule is CC(=O)N1CCC(CN2CCC(Cc3cn(-c4ccc(F)cc4C(=O)N4CCC45CCC5)c4cncc(C)c34)C2)CC1. The van der Waals surface area contributed by atoms with Gasteiger partial charge in [-0.1, -0.05) is 0 Å². The molecule has 0 radical (unpaired) electrons. The fraction of sp³-hybridized carbons (Fsp3) is 0.559. The molecule has 4 aliphatic rings. The molecule has 1 saturated carbocycles. The highest BCUT2D eigenvalue weighted by Crippen LogP contribution is 2.48. The Hall–Kier alpha value is -3.26. The van der Waals surface area contributed by atoms with Gasteiger partial charge in [-0.2, -0.15) is 0 Å². The predicted molar refractivity (Wildman–Crippen MR) is 161 cm³/mol. The quantitative estimate of drug-likeness (QED) is 0.400. The highest BCUT2D eigenvalue weighted by Gasteiger charge is 2.51. The van der Waals surface area contributed by atoms with Crippen molar-refractivity contribution in [3.05, 3.63) is 59.3 Å². The van der Waals surface area contributed by atoms with Gasteiger partial charge >= 0.3 is 0 Å². The average molecular weight is 572 g/mol. The van der Waals surface area contributed by atoms with E-state index >= 15 is 0 Å². The van der Waals surface area contributed by atoms with Crippen molar-refractivity contribution < 1.29 is 14.0 Å². The molecule has 1 aromatic carbocycles. The monoisotopic (exact) mass is 571 g/mol. The molecule has 2 amide bonds. The van der Waals surface area contributed by atoms with Gasteiger partial charge in [0, 0.05) is 63.0 Å². The first-order valence-electron chi connectivity index (χ1n) is 15.9. The van der Waals surface area contributed by atoms with Gasteiger partial charge in [0.25, 0.3) is 5.91 Å². The van der Waals surface area contributed by atoms with Crippen LogP contribution in [0.25, 0.3) is 16.6 Å². The zero-order chi connectivity index (χ0) is 29.0. The number of aromatic nitrogens is 2. The molecule has 3 aliphatic heterocycles. The number of rotatable bonds is 6. The number of pyridine rings is 1. The van der Waals surface area contributed by atoms with E-state index in [9.17, 15) is 14.0 Å². The van der Waals surface area contributed by atoms with Crippen LogP contribution in [0.4, 0.5) is 4.39 Å². The van der Waals surface area contributed by atoms with Crippen LogP contribution in [0.1, 0.15) is 73.4 Å². The molecule has 42 heavy (non-hydrogen) atoms. The fourth-order valence-corrected chi connectivity index (χ4v) is 8.14. The lowest BCUT2D eigenvalue weighted by molar-refractivity contribution is -0.130. The summed E-state index contributed by atoms with van der Waals surface area (Å²) >= 11 is 0. The Morgan fingerprint density at radius 2 is 1.81 bits per heavy atom. The third-order valence-corrected chi connectivity index (χ3v) is 10.8. The van der Waals surface area contributed by atoms with Crippen LogP contribution in [0, 0.1) is 24.6 Å². The van der Waals surface area contributed by atoms with Crippen LogP contribution in [0.5, 0.6) is 0 Å². The van der Waals surface area contributed by atoms with Crippen LogP contribution in [-0.2, 0) is 11.2 Å². The molecule has 1 atom stereocenters. The third kappa shape index (κ3) is 4.81. The molecule has 2 aromatic heterocycles. The van der Waals surface area contributed by atoms with E-state index in [0.717, 1.165) is 101 Å². The van der Waals surface area contributed by atoms with E-state index in [-0.39, 0.29) is 23.2 Å². The van der Waals surface area contributed by atoms with Crippen molar-refractivity contribution in [1.29, 1.82) is 0 Å². The van der Waals surface area contributed by atoms with Crippen molar-refractivity contribution in [1.82, 2.24) is 24.3 Å². The Morgan fingerprint density at radius 3 is 2.50 bits per heavy atom. The van der Waals surface area contributed by atoms with E-state index in [1.807, 2.05) is 22.2 Å². The van der Waals surface area contributed by atoms with Crippen LogP contribution in [-0.4, -0.2) is 80.9 Å². The summed E-state index contributed by atoms with van der Waals surface area (Å²) < 4.78 is 16.7. The zero-order valence-electron chi connectivity index (χ0n) is 24.9. The number of halogens is 1. The highest BCUT2D eigenvalue weighted by molar-refractivity contribution is 6.00. The molecule has 0 bridgehead atoms. The van der Waals surface area contributed by atoms with Gasteiger partial charge in [0.2, 0.25) is 5.91 Å². The Kier molecular flexibility index (Phi) is 7.08. The number of hydrogen-bond donors (Lipinski definition) is 0. The van der Waals surface area contributed by atoms with E-state index in [1.54, 1.807) is 13.0 Å². The second-order valence-electron chi connectivity index (χ2n) is 13.4. The minimum atomic E-state index is -0.380. The van der Waals surface area contributed by atoms with Gasteiger partial charge in [-0.15, -0.1) is 0 Å². The largest absolute Gasteiger partial charge is 0.343 e. The van der Waals surface area contributed by atoms with Crippen molar-refractivity contribution in [2.45, 2.75) is 70.8 Å². The molecule has 0 N–H and O–H groups in total. The van der Waals surface area contributed by atoms with Gasteiger partial charge < -0.3 is 19.3 Å². The molecule has 8 heteroatoms. The molecule has 1 spiro atoms. The van der Waals surface area contributed by atoms with E-state index in [0.29, 0.717) is 17.4 Å². The fourth-order valence-electron chi connectivity index (χ4n) is 8.14. The normalized spacial score (nSPS) is 22.5. The van der Waals surface area contributed by atoms with Crippen molar-refractivity contribution in [2.24, 2.45) is 11.8 Å². The molecular formula is C34H42FN5O2. The first kappa shape index (κ1) is 27.6. The minimum Gasteiger partial charge on any atom is -0.343 e. The second-order valence-corrected chi connectivity index (χ2v) is 13.4. The highest BCUT2D eigenvalue weighted by atomic mass is 19.1. The molecule has 4 fully saturated rings. The summed E-state index contributed by atoms with van der Waals surface area (Å²) in [6.45, 7) is 9.62. The van der Waals surface area contributed by atoms with Crippen LogP contribution in [0.2, 0.25) is 0 Å². The molecule has 222 valence electrons. The smallest absolute Gasteiger partial charge is 0.256 e. The van der Waals surface area contributed by atoms with Crippen molar-refractivity contribution in [3.8, 4) is 5.69 Å². The number of fused-ring (bicyclic) bond motifs is 1. The van der Waals surface area contributed by atoms with Gasteiger partial charge in [0.15, 0.2) is 0 Å². The first-order valence-corrected chi connectivity index (χ1v) is 15.9. The lowest BCUT2D eigenvalue weighted by Crippen LogP contribution is -2.65. The first-order chi connectivity index (χ1) is 20.3. The van der Waals surface area contributed by atoms with Crippen molar-refractivity contribution in [3.63, 3.8) is 0 Å². The number of hydrogen-bond acceptors (Lipinski definition) is 4. The number of carbonyl (C=O) groups is 2. The molecule has 7 rings (SSSR count). The number of aryl methyl sites for hydroxylation is 1. The van der Waals surface area contributed by atoms with E-state index < -0.39 is 0 Å².